The molecule has 0 radical (unpaired) electrons. The van der Waals surface area contributed by atoms with Gasteiger partial charge in [-0.3, -0.25) is 14.8 Å². The average molecular weight is 455 g/mol. The highest BCUT2D eigenvalue weighted by molar-refractivity contribution is 8.02. The molecule has 1 atom stereocenters. The van der Waals surface area contributed by atoms with Crippen LogP contribution < -0.4 is 15.5 Å². The Morgan fingerprint density at radius 1 is 1.19 bits per heavy atom. The quantitative estimate of drug-likeness (QED) is 0.619. The van der Waals surface area contributed by atoms with Gasteiger partial charge in [-0.05, 0) is 37.0 Å². The molecular formula is C23H30N6O2S. The predicted molar refractivity (Wildman–Crippen MR) is 127 cm³/mol. The molecule has 4 heterocycles. The predicted octanol–water partition coefficient (Wildman–Crippen LogP) is 3.05. The number of benzene rings is 1. The first-order valence-electron chi connectivity index (χ1n) is 11.4. The number of hydrogen-bond donors (Lipinski definition) is 3. The van der Waals surface area contributed by atoms with Crippen LogP contribution in [0.5, 0.6) is 0 Å². The van der Waals surface area contributed by atoms with Crippen molar-refractivity contribution in [1.29, 1.82) is 0 Å². The summed E-state index contributed by atoms with van der Waals surface area (Å²) in [5.41, 5.74) is 4.82. The van der Waals surface area contributed by atoms with Crippen molar-refractivity contribution in [3.8, 4) is 0 Å². The molecule has 1 aromatic carbocycles. The summed E-state index contributed by atoms with van der Waals surface area (Å²) in [6.07, 6.45) is 7.29. The van der Waals surface area contributed by atoms with Crippen molar-refractivity contribution >= 4 is 29.0 Å². The smallest absolute Gasteiger partial charge is 0.272 e. The number of hydrogen-bond acceptors (Lipinski definition) is 7. The molecule has 3 aliphatic rings. The summed E-state index contributed by atoms with van der Waals surface area (Å²) in [5.74, 6) is -0.106. The average Bonchev–Trinajstić information content (AvgIpc) is 3.53. The first kappa shape index (κ1) is 21.4. The zero-order valence-electron chi connectivity index (χ0n) is 18.2. The third-order valence-corrected chi connectivity index (χ3v) is 7.23. The zero-order valence-corrected chi connectivity index (χ0v) is 19.0. The minimum Gasteiger partial charge on any atom is -0.379 e. The highest BCUT2D eigenvalue weighted by atomic mass is 32.2. The summed E-state index contributed by atoms with van der Waals surface area (Å²) in [4.78, 5) is 17.9. The van der Waals surface area contributed by atoms with Gasteiger partial charge < -0.3 is 20.3 Å². The number of H-pyrrole nitrogens is 1. The van der Waals surface area contributed by atoms with Gasteiger partial charge in [0.25, 0.3) is 5.91 Å². The lowest BCUT2D eigenvalue weighted by Gasteiger charge is -2.31. The summed E-state index contributed by atoms with van der Waals surface area (Å²) in [5, 5.41) is 15.2. The Bertz CT molecular complexity index is 951. The Morgan fingerprint density at radius 2 is 2.03 bits per heavy atom. The summed E-state index contributed by atoms with van der Waals surface area (Å²) in [6.45, 7) is 6.38. The fraction of sp³-hybridized carbons (Fsp3) is 0.478. The molecule has 0 bridgehead atoms. The van der Waals surface area contributed by atoms with Crippen LogP contribution in [-0.4, -0.2) is 60.4 Å². The van der Waals surface area contributed by atoms with E-state index in [0.717, 1.165) is 62.9 Å². The normalized spacial score (nSPS) is 21.8. The van der Waals surface area contributed by atoms with E-state index < -0.39 is 0 Å². The third kappa shape index (κ3) is 4.95. The number of nitrogens with one attached hydrogen (secondary N) is 3. The minimum absolute atomic E-state index is 0.00344. The van der Waals surface area contributed by atoms with Crippen LogP contribution in [-0.2, 0) is 16.1 Å². The number of amides is 1. The molecule has 0 aliphatic carbocycles. The number of piperidine rings is 1. The molecule has 32 heavy (non-hydrogen) atoms. The van der Waals surface area contributed by atoms with Crippen LogP contribution in [0.2, 0.25) is 0 Å². The van der Waals surface area contributed by atoms with Crippen molar-refractivity contribution in [3.05, 3.63) is 52.8 Å². The van der Waals surface area contributed by atoms with Crippen molar-refractivity contribution in [2.24, 2.45) is 0 Å². The van der Waals surface area contributed by atoms with Crippen molar-refractivity contribution < 1.29 is 9.53 Å². The molecule has 0 saturated carbocycles. The third-order valence-electron chi connectivity index (χ3n) is 6.19. The van der Waals surface area contributed by atoms with Gasteiger partial charge in [0.2, 0.25) is 0 Å². The molecule has 1 aromatic heterocycles. The maximum absolute atomic E-state index is 13.1. The SMILES string of the molecule is O=C(Nc1cc(CN2CCOCC2)ccc1N1CCCCC1)C1=CSC(c2cn[nH]c2)N1. The Balaban J connectivity index is 1.32. The lowest BCUT2D eigenvalue weighted by atomic mass is 10.1. The van der Waals surface area contributed by atoms with Gasteiger partial charge >= 0.3 is 0 Å². The second-order valence-corrected chi connectivity index (χ2v) is 9.44. The van der Waals surface area contributed by atoms with E-state index in [2.05, 4.69) is 48.8 Å². The first-order valence-corrected chi connectivity index (χ1v) is 12.3. The Hall–Kier alpha value is -2.49. The van der Waals surface area contributed by atoms with E-state index in [1.54, 1.807) is 18.0 Å². The lowest BCUT2D eigenvalue weighted by molar-refractivity contribution is -0.113. The number of anilines is 2. The van der Waals surface area contributed by atoms with Crippen LogP contribution in [0.15, 0.2) is 41.7 Å². The fourth-order valence-electron chi connectivity index (χ4n) is 4.43. The molecule has 8 nitrogen and oxygen atoms in total. The molecular weight excluding hydrogens is 424 g/mol. The molecule has 170 valence electrons. The molecule has 5 rings (SSSR count). The second kappa shape index (κ2) is 9.97. The number of thioether (sulfide) groups is 1. The van der Waals surface area contributed by atoms with Gasteiger partial charge in [-0.1, -0.05) is 6.07 Å². The van der Waals surface area contributed by atoms with E-state index >= 15 is 0 Å². The largest absolute Gasteiger partial charge is 0.379 e. The second-order valence-electron chi connectivity index (χ2n) is 8.47. The Labute approximate surface area is 192 Å². The van der Waals surface area contributed by atoms with Gasteiger partial charge in [0.05, 0.1) is 30.8 Å². The highest BCUT2D eigenvalue weighted by Crippen LogP contribution is 2.35. The summed E-state index contributed by atoms with van der Waals surface area (Å²) in [7, 11) is 0. The molecule has 2 fully saturated rings. The van der Waals surface area contributed by atoms with Gasteiger partial charge in [-0.25, -0.2) is 0 Å². The molecule has 0 spiro atoms. The van der Waals surface area contributed by atoms with Crippen molar-refractivity contribution in [1.82, 2.24) is 20.4 Å². The maximum atomic E-state index is 13.1. The molecule has 9 heteroatoms. The van der Waals surface area contributed by atoms with Crippen molar-refractivity contribution in [2.45, 2.75) is 31.2 Å². The van der Waals surface area contributed by atoms with E-state index in [1.807, 2.05) is 11.6 Å². The number of morpholine rings is 1. The molecule has 2 saturated heterocycles. The van der Waals surface area contributed by atoms with Crippen molar-refractivity contribution in [2.75, 3.05) is 49.6 Å². The Morgan fingerprint density at radius 3 is 2.81 bits per heavy atom. The van der Waals surface area contributed by atoms with Crippen LogP contribution in [0.25, 0.3) is 0 Å². The van der Waals surface area contributed by atoms with E-state index in [1.165, 1.54) is 24.8 Å². The molecule has 2 aromatic rings. The van der Waals surface area contributed by atoms with E-state index in [4.69, 9.17) is 4.74 Å². The zero-order chi connectivity index (χ0) is 21.8. The van der Waals surface area contributed by atoms with E-state index in [-0.39, 0.29) is 11.3 Å². The topological polar surface area (TPSA) is 85.5 Å². The monoisotopic (exact) mass is 454 g/mol. The number of rotatable bonds is 6. The van der Waals surface area contributed by atoms with Gasteiger partial charge in [-0.15, -0.1) is 11.8 Å². The standard InChI is InChI=1S/C23H30N6O2S/c30-22(20-16-32-23(27-20)18-13-24-25-14-18)26-19-12-17(15-28-8-10-31-11-9-28)4-5-21(19)29-6-2-1-3-7-29/h4-5,12-14,16,23,27H,1-3,6-11,15H2,(H,24,25)(H,26,30). The summed E-state index contributed by atoms with van der Waals surface area (Å²) < 4.78 is 5.48. The highest BCUT2D eigenvalue weighted by Gasteiger charge is 2.25. The van der Waals surface area contributed by atoms with Gasteiger partial charge in [0.15, 0.2) is 0 Å². The number of aromatic nitrogens is 2. The van der Waals surface area contributed by atoms with Gasteiger partial charge in [0, 0.05) is 49.9 Å². The number of ether oxygens (including phenoxy) is 1. The van der Waals surface area contributed by atoms with Crippen LogP contribution >= 0.6 is 11.8 Å². The van der Waals surface area contributed by atoms with Crippen LogP contribution in [0.1, 0.15) is 35.8 Å². The Kier molecular flexibility index (Phi) is 6.66. The minimum atomic E-state index is -0.106. The summed E-state index contributed by atoms with van der Waals surface area (Å²) >= 11 is 1.58. The lowest BCUT2D eigenvalue weighted by Crippen LogP contribution is -2.35. The molecule has 1 unspecified atom stereocenters. The van der Waals surface area contributed by atoms with Crippen LogP contribution in [0.4, 0.5) is 11.4 Å². The van der Waals surface area contributed by atoms with Crippen molar-refractivity contribution in [3.63, 3.8) is 0 Å². The van der Waals surface area contributed by atoms with Gasteiger partial charge in [0.1, 0.15) is 11.1 Å². The molecule has 3 N–H and O–H groups in total. The number of nitrogens with zero attached hydrogens (tertiary/aromatic N) is 3. The number of carbonyl (C=O) groups is 1. The van der Waals surface area contributed by atoms with E-state index in [0.29, 0.717) is 5.70 Å². The number of aromatic amines is 1. The number of carbonyl (C=O) groups excluding carboxylic acids is 1. The first-order chi connectivity index (χ1) is 15.8. The molecule has 1 amide bonds. The van der Waals surface area contributed by atoms with Crippen LogP contribution in [0.3, 0.4) is 0 Å². The maximum Gasteiger partial charge on any atom is 0.272 e. The van der Waals surface area contributed by atoms with Gasteiger partial charge in [-0.2, -0.15) is 5.10 Å². The summed E-state index contributed by atoms with van der Waals surface area (Å²) in [6, 6.07) is 6.52. The van der Waals surface area contributed by atoms with Crippen LogP contribution in [0, 0.1) is 0 Å². The van der Waals surface area contributed by atoms with E-state index in [9.17, 15) is 4.79 Å². The fourth-order valence-corrected chi connectivity index (χ4v) is 5.36. The molecule has 3 aliphatic heterocycles.